The molecule has 0 unspecified atom stereocenters. The maximum atomic E-state index is 14.1. The van der Waals surface area contributed by atoms with Gasteiger partial charge in [-0.25, -0.2) is 4.39 Å². The molecule has 2 aliphatic rings. The fourth-order valence-electron chi connectivity index (χ4n) is 3.65. The van der Waals surface area contributed by atoms with Gasteiger partial charge in [-0.1, -0.05) is 0 Å². The molecule has 2 N–H and O–H groups in total. The summed E-state index contributed by atoms with van der Waals surface area (Å²) < 4.78 is 19.5. The molecule has 2 heterocycles. The number of phenolic OH excluding ortho intramolecular Hbond substituents is 1. The summed E-state index contributed by atoms with van der Waals surface area (Å²) in [7, 11) is 0. The highest BCUT2D eigenvalue weighted by molar-refractivity contribution is 5.44. The zero-order valence-electron chi connectivity index (χ0n) is 13.1. The van der Waals surface area contributed by atoms with Gasteiger partial charge in [0.05, 0.1) is 11.6 Å². The van der Waals surface area contributed by atoms with E-state index < -0.39 is 5.82 Å². The fourth-order valence-corrected chi connectivity index (χ4v) is 3.65. The molecule has 124 valence electrons. The van der Waals surface area contributed by atoms with E-state index in [1.165, 1.54) is 0 Å². The molecule has 0 amide bonds. The summed E-state index contributed by atoms with van der Waals surface area (Å²) in [6.07, 6.45) is 1.76. The Kier molecular flexibility index (Phi) is 5.11. The van der Waals surface area contributed by atoms with Crippen molar-refractivity contribution in [3.8, 4) is 11.8 Å². The highest BCUT2D eigenvalue weighted by Crippen LogP contribution is 2.40. The minimum absolute atomic E-state index is 0.0798. The maximum Gasteiger partial charge on any atom is 0.166 e. The van der Waals surface area contributed by atoms with E-state index in [2.05, 4.69) is 10.2 Å². The quantitative estimate of drug-likeness (QED) is 0.889. The monoisotopic (exact) mass is 319 g/mol. The summed E-state index contributed by atoms with van der Waals surface area (Å²) in [5.41, 5.74) is 0.790. The first kappa shape index (κ1) is 16.2. The summed E-state index contributed by atoms with van der Waals surface area (Å²) in [6.45, 7) is 4.82. The Balaban J connectivity index is 2.00. The maximum absolute atomic E-state index is 14.1. The number of phenols is 1. The molecule has 0 aliphatic carbocycles. The molecule has 0 saturated carbocycles. The molecule has 0 aromatic heterocycles. The second-order valence-corrected chi connectivity index (χ2v) is 6.19. The van der Waals surface area contributed by atoms with Gasteiger partial charge in [0.2, 0.25) is 0 Å². The molecule has 0 bridgehead atoms. The van der Waals surface area contributed by atoms with Crippen molar-refractivity contribution in [2.24, 2.45) is 5.92 Å². The van der Waals surface area contributed by atoms with Crippen molar-refractivity contribution in [3.05, 3.63) is 29.1 Å². The lowest BCUT2D eigenvalue weighted by molar-refractivity contribution is 0.0205. The number of halogens is 1. The Hall–Kier alpha value is -1.68. The van der Waals surface area contributed by atoms with Crippen LogP contribution < -0.4 is 5.32 Å². The zero-order valence-corrected chi connectivity index (χ0v) is 13.1. The molecule has 0 spiro atoms. The summed E-state index contributed by atoms with van der Waals surface area (Å²) in [5.74, 6) is -0.744. The van der Waals surface area contributed by atoms with Gasteiger partial charge in [-0.15, -0.1) is 0 Å². The van der Waals surface area contributed by atoms with Gasteiger partial charge in [0.1, 0.15) is 0 Å². The van der Waals surface area contributed by atoms with E-state index in [0.29, 0.717) is 24.7 Å². The molecule has 6 heteroatoms. The molecule has 2 saturated heterocycles. The van der Waals surface area contributed by atoms with Gasteiger partial charge in [0, 0.05) is 51.0 Å². The Morgan fingerprint density at radius 2 is 2.00 bits per heavy atom. The lowest BCUT2D eigenvalue weighted by atomic mass is 9.84. The number of nitrogens with zero attached hydrogens (tertiary/aromatic N) is 2. The molecule has 2 fully saturated rings. The molecule has 0 radical (unpaired) electrons. The number of hydrogen-bond donors (Lipinski definition) is 2. The molecular weight excluding hydrogens is 297 g/mol. The number of rotatable bonds is 3. The summed E-state index contributed by atoms with van der Waals surface area (Å²) in [5, 5.41) is 22.7. The molecule has 3 rings (SSSR count). The average molecular weight is 319 g/mol. The Morgan fingerprint density at radius 3 is 2.65 bits per heavy atom. The Morgan fingerprint density at radius 1 is 1.30 bits per heavy atom. The van der Waals surface area contributed by atoms with Gasteiger partial charge < -0.3 is 15.2 Å². The number of ether oxygens (including phenoxy) is 1. The number of piperazine rings is 1. The van der Waals surface area contributed by atoms with Gasteiger partial charge >= 0.3 is 0 Å². The van der Waals surface area contributed by atoms with E-state index in [-0.39, 0.29) is 17.4 Å². The number of nitrogens with one attached hydrogen (secondary N) is 1. The van der Waals surface area contributed by atoms with Crippen molar-refractivity contribution in [2.45, 2.75) is 18.9 Å². The normalized spacial score (nSPS) is 21.7. The third kappa shape index (κ3) is 3.47. The van der Waals surface area contributed by atoms with Gasteiger partial charge in [-0.05, 0) is 30.9 Å². The van der Waals surface area contributed by atoms with Crippen molar-refractivity contribution >= 4 is 0 Å². The number of aromatic hydroxyl groups is 1. The minimum atomic E-state index is -0.716. The van der Waals surface area contributed by atoms with Crippen LogP contribution >= 0.6 is 0 Å². The number of nitriles is 1. The van der Waals surface area contributed by atoms with Gasteiger partial charge in [0.15, 0.2) is 11.6 Å². The van der Waals surface area contributed by atoms with Crippen LogP contribution in [0.5, 0.6) is 5.75 Å². The van der Waals surface area contributed by atoms with Gasteiger partial charge in [-0.2, -0.15) is 5.26 Å². The van der Waals surface area contributed by atoms with Crippen LogP contribution in [-0.2, 0) is 4.74 Å². The third-order valence-corrected chi connectivity index (χ3v) is 4.80. The molecule has 1 aromatic rings. The van der Waals surface area contributed by atoms with Crippen molar-refractivity contribution in [1.29, 1.82) is 5.26 Å². The van der Waals surface area contributed by atoms with Crippen molar-refractivity contribution in [2.75, 3.05) is 39.4 Å². The number of benzene rings is 1. The van der Waals surface area contributed by atoms with Crippen LogP contribution in [-0.4, -0.2) is 49.4 Å². The van der Waals surface area contributed by atoms with Crippen LogP contribution in [0.25, 0.3) is 0 Å². The first-order chi connectivity index (χ1) is 11.2. The molecule has 23 heavy (non-hydrogen) atoms. The van der Waals surface area contributed by atoms with Crippen molar-refractivity contribution in [1.82, 2.24) is 10.2 Å². The van der Waals surface area contributed by atoms with E-state index in [4.69, 9.17) is 10.00 Å². The predicted octanol–water partition coefficient (Wildman–Crippen LogP) is 1.78. The summed E-state index contributed by atoms with van der Waals surface area (Å²) in [4.78, 5) is 2.29. The van der Waals surface area contributed by atoms with E-state index in [1.807, 2.05) is 6.07 Å². The highest BCUT2D eigenvalue weighted by Gasteiger charge is 2.33. The Bertz CT molecular complexity index is 572. The van der Waals surface area contributed by atoms with Gasteiger partial charge in [-0.3, -0.25) is 4.90 Å². The van der Waals surface area contributed by atoms with Crippen LogP contribution in [0.15, 0.2) is 12.1 Å². The molecule has 1 aromatic carbocycles. The number of hydrogen-bond acceptors (Lipinski definition) is 5. The van der Waals surface area contributed by atoms with Crippen LogP contribution in [0.4, 0.5) is 4.39 Å². The molecule has 1 atom stereocenters. The smallest absolute Gasteiger partial charge is 0.166 e. The lowest BCUT2D eigenvalue weighted by Gasteiger charge is -2.41. The average Bonchev–Trinajstić information content (AvgIpc) is 2.60. The van der Waals surface area contributed by atoms with Crippen LogP contribution in [0, 0.1) is 23.1 Å². The van der Waals surface area contributed by atoms with Crippen LogP contribution in [0.3, 0.4) is 0 Å². The largest absolute Gasteiger partial charge is 0.505 e. The van der Waals surface area contributed by atoms with E-state index in [1.54, 1.807) is 6.07 Å². The van der Waals surface area contributed by atoms with Crippen molar-refractivity contribution in [3.63, 3.8) is 0 Å². The topological polar surface area (TPSA) is 68.5 Å². The van der Waals surface area contributed by atoms with E-state index in [0.717, 1.165) is 45.1 Å². The second-order valence-electron chi connectivity index (χ2n) is 6.19. The van der Waals surface area contributed by atoms with E-state index in [9.17, 15) is 9.50 Å². The van der Waals surface area contributed by atoms with Crippen LogP contribution in [0.1, 0.15) is 30.0 Å². The van der Waals surface area contributed by atoms with E-state index >= 15 is 0 Å². The lowest BCUT2D eigenvalue weighted by Crippen LogP contribution is -2.47. The Labute approximate surface area is 135 Å². The molecule has 5 nitrogen and oxygen atoms in total. The zero-order chi connectivity index (χ0) is 16.2. The third-order valence-electron chi connectivity index (χ3n) is 4.80. The first-order valence-electron chi connectivity index (χ1n) is 8.15. The second kappa shape index (κ2) is 7.26. The SMILES string of the molecule is N#Cc1cc(F)c(O)c([C@@H](C2CCOCC2)N2CCNCC2)c1. The van der Waals surface area contributed by atoms with Crippen LogP contribution in [0.2, 0.25) is 0 Å². The molecular formula is C17H22FN3O2. The molecule has 2 aliphatic heterocycles. The highest BCUT2D eigenvalue weighted by atomic mass is 19.1. The fraction of sp³-hybridized carbons (Fsp3) is 0.588. The van der Waals surface area contributed by atoms with Gasteiger partial charge in [0.25, 0.3) is 0 Å². The summed E-state index contributed by atoms with van der Waals surface area (Å²) >= 11 is 0. The van der Waals surface area contributed by atoms with Crippen molar-refractivity contribution < 1.29 is 14.2 Å². The first-order valence-corrected chi connectivity index (χ1v) is 8.15. The predicted molar refractivity (Wildman–Crippen MR) is 83.5 cm³/mol. The standard InChI is InChI=1S/C17H22FN3O2/c18-15-10-12(11-19)9-14(17(15)22)16(13-1-7-23-8-2-13)21-5-3-20-4-6-21/h9-10,13,16,20,22H,1-8H2/t16-/m1/s1. The minimum Gasteiger partial charge on any atom is -0.505 e. The summed E-state index contributed by atoms with van der Waals surface area (Å²) in [6, 6.07) is 4.64.